The number of aryl methyl sites for hydroxylation is 2. The second-order valence-corrected chi connectivity index (χ2v) is 6.59. The summed E-state index contributed by atoms with van der Waals surface area (Å²) in [4.78, 5) is 15.2. The van der Waals surface area contributed by atoms with Crippen molar-refractivity contribution in [2.75, 3.05) is 0 Å². The summed E-state index contributed by atoms with van der Waals surface area (Å²) in [5.74, 6) is -0.835. The second-order valence-electron chi connectivity index (χ2n) is 6.59. The number of ether oxygens (including phenoxy) is 1. The molecule has 0 saturated carbocycles. The maximum atomic E-state index is 12.1. The van der Waals surface area contributed by atoms with Crippen LogP contribution in [0.25, 0.3) is 0 Å². The van der Waals surface area contributed by atoms with E-state index in [0.29, 0.717) is 11.4 Å². The number of hydrogen-bond acceptors (Lipinski definition) is 4. The van der Waals surface area contributed by atoms with Gasteiger partial charge in [0.25, 0.3) is 0 Å². The minimum Gasteiger partial charge on any atom is -0.861 e. The zero-order chi connectivity index (χ0) is 18.6. The Hall–Kier alpha value is -1.82. The Kier molecular flexibility index (Phi) is 7.87. The number of rotatable bonds is 6. The summed E-state index contributed by atoms with van der Waals surface area (Å²) in [6.07, 6.45) is 0.176. The first kappa shape index (κ1) is 22.2. The van der Waals surface area contributed by atoms with Crippen LogP contribution in [0.1, 0.15) is 30.5 Å². The Morgan fingerprint density at radius 3 is 2.15 bits per heavy atom. The Morgan fingerprint density at radius 1 is 1.12 bits per heavy atom. The van der Waals surface area contributed by atoms with Gasteiger partial charge >= 0.3 is 35.5 Å². The van der Waals surface area contributed by atoms with Crippen LogP contribution >= 0.6 is 0 Å². The molecule has 132 valence electrons. The predicted molar refractivity (Wildman–Crippen MR) is 95.5 cm³/mol. The second kappa shape index (κ2) is 9.21. The van der Waals surface area contributed by atoms with Gasteiger partial charge in [-0.25, -0.2) is 4.79 Å². The average molecular weight is 363 g/mol. The molecular weight excluding hydrogens is 341 g/mol. The van der Waals surface area contributed by atoms with Crippen LogP contribution in [-0.2, 0) is 11.2 Å². The predicted octanol–water partition coefficient (Wildman–Crippen LogP) is 0.182. The SMILES string of the molecule is Cc1cc(C)cc(N=C([O-])Cc2ccc(OC(C)(C)C(=O)O)cc2)c1.[Na+]. The van der Waals surface area contributed by atoms with E-state index in [0.717, 1.165) is 16.7 Å². The molecule has 5 nitrogen and oxygen atoms in total. The minimum atomic E-state index is -1.31. The Morgan fingerprint density at radius 2 is 1.65 bits per heavy atom. The van der Waals surface area contributed by atoms with Gasteiger partial charge in [-0.1, -0.05) is 18.2 Å². The van der Waals surface area contributed by atoms with E-state index < -0.39 is 11.6 Å². The van der Waals surface area contributed by atoms with Crippen molar-refractivity contribution in [2.45, 2.75) is 39.7 Å². The van der Waals surface area contributed by atoms with Gasteiger partial charge < -0.3 is 14.9 Å². The fraction of sp³-hybridized carbons (Fsp3) is 0.300. The zero-order valence-electron chi connectivity index (χ0n) is 15.9. The molecule has 0 aliphatic rings. The molecule has 26 heavy (non-hydrogen) atoms. The van der Waals surface area contributed by atoms with Crippen LogP contribution in [0.5, 0.6) is 5.75 Å². The normalized spacial score (nSPS) is 11.6. The molecule has 2 aromatic rings. The van der Waals surface area contributed by atoms with E-state index in [1.54, 1.807) is 24.3 Å². The summed E-state index contributed by atoms with van der Waals surface area (Å²) in [7, 11) is 0. The van der Waals surface area contributed by atoms with Crippen molar-refractivity contribution in [1.82, 2.24) is 0 Å². The number of carbonyl (C=O) groups is 1. The molecule has 0 amide bonds. The smallest absolute Gasteiger partial charge is 0.861 e. The minimum absolute atomic E-state index is 0. The van der Waals surface area contributed by atoms with Gasteiger partial charge in [-0.2, -0.15) is 0 Å². The van der Waals surface area contributed by atoms with Gasteiger partial charge in [-0.15, -0.1) is 0 Å². The molecule has 0 aliphatic heterocycles. The molecule has 1 N–H and O–H groups in total. The van der Waals surface area contributed by atoms with Crippen molar-refractivity contribution < 1.29 is 49.3 Å². The first-order chi connectivity index (χ1) is 11.7. The molecule has 6 heteroatoms. The third-order valence-corrected chi connectivity index (χ3v) is 3.63. The fourth-order valence-corrected chi connectivity index (χ4v) is 2.39. The van der Waals surface area contributed by atoms with E-state index in [4.69, 9.17) is 9.84 Å². The van der Waals surface area contributed by atoms with Gasteiger partial charge in [0.15, 0.2) is 5.60 Å². The summed E-state index contributed by atoms with van der Waals surface area (Å²) in [5.41, 5.74) is 2.27. The van der Waals surface area contributed by atoms with Crippen LogP contribution in [0.2, 0.25) is 0 Å². The van der Waals surface area contributed by atoms with Gasteiger partial charge in [-0.05, 0) is 74.5 Å². The molecular formula is C20H22NNaO4. The summed E-state index contributed by atoms with van der Waals surface area (Å²) in [6.45, 7) is 6.90. The summed E-state index contributed by atoms with van der Waals surface area (Å²) in [5, 5.41) is 21.2. The van der Waals surface area contributed by atoms with Crippen LogP contribution in [0.3, 0.4) is 0 Å². The Labute approximate surface area is 176 Å². The Bertz CT molecular complexity index is 778. The van der Waals surface area contributed by atoms with Crippen LogP contribution in [0.4, 0.5) is 5.69 Å². The number of carboxylic acid groups (broad SMARTS) is 1. The topological polar surface area (TPSA) is 82.0 Å². The molecule has 2 aromatic carbocycles. The van der Waals surface area contributed by atoms with Gasteiger partial charge in [0.1, 0.15) is 5.75 Å². The van der Waals surface area contributed by atoms with E-state index in [2.05, 4.69) is 4.99 Å². The van der Waals surface area contributed by atoms with Gasteiger partial charge in [0.05, 0.1) is 5.69 Å². The molecule has 0 spiro atoms. The van der Waals surface area contributed by atoms with E-state index in [1.807, 2.05) is 32.0 Å². The monoisotopic (exact) mass is 363 g/mol. The van der Waals surface area contributed by atoms with Crippen molar-refractivity contribution in [1.29, 1.82) is 0 Å². The molecule has 0 aromatic heterocycles. The Balaban J connectivity index is 0.00000338. The van der Waals surface area contributed by atoms with Crippen molar-refractivity contribution >= 4 is 17.6 Å². The average Bonchev–Trinajstić information content (AvgIpc) is 2.47. The largest absolute Gasteiger partial charge is 1.00 e. The van der Waals surface area contributed by atoms with E-state index in [9.17, 15) is 9.90 Å². The first-order valence-electron chi connectivity index (χ1n) is 8.00. The van der Waals surface area contributed by atoms with Crippen molar-refractivity contribution in [3.63, 3.8) is 0 Å². The molecule has 0 saturated heterocycles. The summed E-state index contributed by atoms with van der Waals surface area (Å²) in [6, 6.07) is 12.6. The maximum absolute atomic E-state index is 12.1. The molecule has 2 rings (SSSR count). The number of carboxylic acids is 1. The number of aliphatic imine (C=N–C) groups is 1. The van der Waals surface area contributed by atoms with Crippen molar-refractivity contribution in [3.05, 3.63) is 59.2 Å². The van der Waals surface area contributed by atoms with Crippen LogP contribution in [0, 0.1) is 13.8 Å². The van der Waals surface area contributed by atoms with Gasteiger partial charge in [0, 0.05) is 6.42 Å². The molecule has 0 unspecified atom stereocenters. The standard InChI is InChI=1S/C20H23NO4.Na/c1-13-9-14(2)11-16(10-13)21-18(22)12-15-5-7-17(8-6-15)25-20(3,4)19(23)24;/h5-11H,12H2,1-4H3,(H,21,22)(H,23,24);/q;+1/p-1. The number of hydrogen-bond donors (Lipinski definition) is 1. The van der Waals surface area contributed by atoms with Crippen molar-refractivity contribution in [3.8, 4) is 5.75 Å². The van der Waals surface area contributed by atoms with Crippen LogP contribution in [0.15, 0.2) is 47.5 Å². The quantitative estimate of drug-likeness (QED) is 0.451. The van der Waals surface area contributed by atoms with Crippen molar-refractivity contribution in [2.24, 2.45) is 4.99 Å². The van der Waals surface area contributed by atoms with Crippen LogP contribution < -0.4 is 39.4 Å². The van der Waals surface area contributed by atoms with Crippen LogP contribution in [-0.4, -0.2) is 22.6 Å². The summed E-state index contributed by atoms with van der Waals surface area (Å²) < 4.78 is 5.44. The number of aliphatic carboxylic acids is 1. The fourth-order valence-electron chi connectivity index (χ4n) is 2.39. The molecule has 0 bridgehead atoms. The maximum Gasteiger partial charge on any atom is 1.00 e. The van der Waals surface area contributed by atoms with Gasteiger partial charge in [-0.3, -0.25) is 4.99 Å². The van der Waals surface area contributed by atoms with E-state index in [-0.39, 0.29) is 41.9 Å². The zero-order valence-corrected chi connectivity index (χ0v) is 17.9. The molecule has 0 heterocycles. The number of nitrogens with zero attached hydrogens (tertiary/aromatic N) is 1. The molecule has 0 fully saturated rings. The molecule has 0 atom stereocenters. The summed E-state index contributed by atoms with van der Waals surface area (Å²) >= 11 is 0. The molecule has 0 aliphatic carbocycles. The third kappa shape index (κ3) is 6.48. The third-order valence-electron chi connectivity index (χ3n) is 3.63. The van der Waals surface area contributed by atoms with E-state index >= 15 is 0 Å². The van der Waals surface area contributed by atoms with Gasteiger partial charge in [0.2, 0.25) is 0 Å². The molecule has 0 radical (unpaired) electrons. The van der Waals surface area contributed by atoms with E-state index in [1.165, 1.54) is 13.8 Å². The first-order valence-corrected chi connectivity index (χ1v) is 8.00. The number of benzene rings is 2.